The Kier molecular flexibility index (Phi) is 6.83. The highest BCUT2D eigenvalue weighted by atomic mass is 35.5. The summed E-state index contributed by atoms with van der Waals surface area (Å²) in [7, 11) is 0. The van der Waals surface area contributed by atoms with Gasteiger partial charge in [-0.05, 0) is 78.4 Å². The minimum Gasteiger partial charge on any atom is -0.457 e. The number of hydrogen-bond donors (Lipinski definition) is 0. The number of hydrogen-bond acceptors (Lipinski definition) is 5. The monoisotopic (exact) mass is 509 g/mol. The van der Waals surface area contributed by atoms with Crippen LogP contribution in [0.4, 0.5) is 5.69 Å². The Hall–Kier alpha value is -4.68. The van der Waals surface area contributed by atoms with E-state index in [1.54, 1.807) is 103 Å². The van der Waals surface area contributed by atoms with Crippen molar-refractivity contribution in [1.82, 2.24) is 0 Å². The summed E-state index contributed by atoms with van der Waals surface area (Å²) < 4.78 is 11.2. The zero-order valence-corrected chi connectivity index (χ0v) is 20.2. The second-order valence-electron chi connectivity index (χ2n) is 8.26. The molecule has 1 saturated heterocycles. The van der Waals surface area contributed by atoms with Crippen LogP contribution in [0, 0.1) is 0 Å². The number of esters is 1. The third-order valence-electron chi connectivity index (χ3n) is 5.64. The molecule has 182 valence electrons. The van der Waals surface area contributed by atoms with E-state index < -0.39 is 5.97 Å². The van der Waals surface area contributed by atoms with E-state index in [4.69, 9.17) is 21.1 Å². The molecule has 0 unspecified atom stereocenters. The standard InChI is InChI=1S/C30H20ClNO5/c31-23-5-4-6-24(19-23)32-28(33)18-22(29(32)34)17-20-9-13-26(14-10-20)36-27-15-11-21(12-16-27)30(35)37-25-7-2-1-3-8-25/h1-17,19H,18H2/b22-17-. The molecule has 1 heterocycles. The van der Waals surface area contributed by atoms with Gasteiger partial charge in [0.05, 0.1) is 17.7 Å². The van der Waals surface area contributed by atoms with Crippen LogP contribution in [0.1, 0.15) is 22.3 Å². The van der Waals surface area contributed by atoms with E-state index >= 15 is 0 Å². The zero-order chi connectivity index (χ0) is 25.8. The lowest BCUT2D eigenvalue weighted by Gasteiger charge is -2.13. The number of nitrogens with zero attached hydrogens (tertiary/aromatic N) is 1. The number of amides is 2. The van der Waals surface area contributed by atoms with Gasteiger partial charge in [0.1, 0.15) is 17.2 Å². The first kappa shape index (κ1) is 24.0. The number of imide groups is 1. The second kappa shape index (κ2) is 10.5. The maximum Gasteiger partial charge on any atom is 0.343 e. The van der Waals surface area contributed by atoms with Gasteiger partial charge in [0, 0.05) is 10.6 Å². The average molecular weight is 510 g/mol. The molecule has 0 radical (unpaired) electrons. The fourth-order valence-electron chi connectivity index (χ4n) is 3.85. The van der Waals surface area contributed by atoms with E-state index in [9.17, 15) is 14.4 Å². The Labute approximate surface area is 218 Å². The molecule has 0 aliphatic carbocycles. The van der Waals surface area contributed by atoms with Crippen LogP contribution in [0.5, 0.6) is 17.2 Å². The summed E-state index contributed by atoms with van der Waals surface area (Å²) in [5, 5.41) is 0.452. The van der Waals surface area contributed by atoms with Crippen molar-refractivity contribution in [3.63, 3.8) is 0 Å². The fraction of sp³-hybridized carbons (Fsp3) is 0.0333. The number of halogens is 1. The molecule has 4 aromatic rings. The number of rotatable bonds is 6. The lowest BCUT2D eigenvalue weighted by molar-refractivity contribution is -0.120. The summed E-state index contributed by atoms with van der Waals surface area (Å²) in [6, 6.07) is 29.3. The SMILES string of the molecule is O=C(Oc1ccccc1)c1ccc(Oc2ccc(/C=C3/CC(=O)N(c4cccc(Cl)c4)C3=O)cc2)cc1. The van der Waals surface area contributed by atoms with Crippen molar-refractivity contribution in [3.8, 4) is 17.2 Å². The topological polar surface area (TPSA) is 72.9 Å². The molecular weight excluding hydrogens is 490 g/mol. The molecule has 0 bridgehead atoms. The number of anilines is 1. The molecule has 7 heteroatoms. The first-order chi connectivity index (χ1) is 18.0. The number of para-hydroxylation sites is 1. The first-order valence-electron chi connectivity index (χ1n) is 11.4. The van der Waals surface area contributed by atoms with Gasteiger partial charge in [0.15, 0.2) is 0 Å². The van der Waals surface area contributed by atoms with Gasteiger partial charge in [-0.25, -0.2) is 9.69 Å². The highest BCUT2D eigenvalue weighted by Crippen LogP contribution is 2.30. The van der Waals surface area contributed by atoms with Gasteiger partial charge in [0.2, 0.25) is 5.91 Å². The Morgan fingerprint density at radius 2 is 1.46 bits per heavy atom. The average Bonchev–Trinajstić information content (AvgIpc) is 3.18. The smallest absolute Gasteiger partial charge is 0.343 e. The summed E-state index contributed by atoms with van der Waals surface area (Å²) in [5.74, 6) is 0.494. The first-order valence-corrected chi connectivity index (χ1v) is 11.8. The van der Waals surface area contributed by atoms with Gasteiger partial charge in [-0.15, -0.1) is 0 Å². The molecule has 1 fully saturated rings. The van der Waals surface area contributed by atoms with Gasteiger partial charge >= 0.3 is 5.97 Å². The molecule has 0 aromatic heterocycles. The minimum atomic E-state index is -0.455. The Morgan fingerprint density at radius 3 is 2.14 bits per heavy atom. The third-order valence-corrected chi connectivity index (χ3v) is 5.87. The number of benzene rings is 4. The highest BCUT2D eigenvalue weighted by molar-refractivity contribution is 6.32. The third kappa shape index (κ3) is 5.60. The summed E-state index contributed by atoms with van der Waals surface area (Å²) >= 11 is 6.01. The maximum absolute atomic E-state index is 12.9. The molecule has 0 atom stereocenters. The Balaban J connectivity index is 1.23. The van der Waals surface area contributed by atoms with Crippen molar-refractivity contribution < 1.29 is 23.9 Å². The number of carbonyl (C=O) groups excluding carboxylic acids is 3. The predicted molar refractivity (Wildman–Crippen MR) is 141 cm³/mol. The molecule has 0 N–H and O–H groups in total. The summed E-state index contributed by atoms with van der Waals surface area (Å²) in [6.07, 6.45) is 1.71. The van der Waals surface area contributed by atoms with Crippen molar-refractivity contribution in [2.75, 3.05) is 4.90 Å². The number of carbonyl (C=O) groups is 3. The minimum absolute atomic E-state index is 0.0165. The molecule has 6 nitrogen and oxygen atoms in total. The summed E-state index contributed by atoms with van der Waals surface area (Å²) in [4.78, 5) is 38.8. The van der Waals surface area contributed by atoms with Gasteiger partial charge in [-0.3, -0.25) is 9.59 Å². The van der Waals surface area contributed by atoms with Crippen LogP contribution in [-0.2, 0) is 9.59 Å². The molecular formula is C30H20ClNO5. The summed E-state index contributed by atoms with van der Waals surface area (Å²) in [5.41, 5.74) is 2.02. The van der Waals surface area contributed by atoms with E-state index in [1.807, 2.05) is 6.07 Å². The van der Waals surface area contributed by atoms with E-state index in [-0.39, 0.29) is 18.2 Å². The van der Waals surface area contributed by atoms with E-state index in [0.29, 0.717) is 39.1 Å². The van der Waals surface area contributed by atoms with Crippen LogP contribution in [0.2, 0.25) is 5.02 Å². The van der Waals surface area contributed by atoms with E-state index in [2.05, 4.69) is 0 Å². The van der Waals surface area contributed by atoms with Crippen molar-refractivity contribution in [3.05, 3.63) is 125 Å². The van der Waals surface area contributed by atoms with Crippen LogP contribution in [-0.4, -0.2) is 17.8 Å². The highest BCUT2D eigenvalue weighted by Gasteiger charge is 2.35. The lowest BCUT2D eigenvalue weighted by atomic mass is 10.1. The molecule has 37 heavy (non-hydrogen) atoms. The number of ether oxygens (including phenoxy) is 2. The Morgan fingerprint density at radius 1 is 0.784 bits per heavy atom. The summed E-state index contributed by atoms with van der Waals surface area (Å²) in [6.45, 7) is 0. The van der Waals surface area contributed by atoms with Crippen LogP contribution in [0.25, 0.3) is 6.08 Å². The van der Waals surface area contributed by atoms with Gasteiger partial charge in [-0.1, -0.05) is 48.0 Å². The molecule has 2 amide bonds. The van der Waals surface area contributed by atoms with Crippen LogP contribution in [0.15, 0.2) is 109 Å². The largest absolute Gasteiger partial charge is 0.457 e. The predicted octanol–water partition coefficient (Wildman–Crippen LogP) is 6.70. The van der Waals surface area contributed by atoms with Gasteiger partial charge in [-0.2, -0.15) is 0 Å². The fourth-order valence-corrected chi connectivity index (χ4v) is 4.03. The molecule has 5 rings (SSSR count). The van der Waals surface area contributed by atoms with Crippen molar-refractivity contribution in [1.29, 1.82) is 0 Å². The maximum atomic E-state index is 12.9. The normalized spacial score (nSPS) is 14.2. The van der Waals surface area contributed by atoms with Crippen molar-refractivity contribution in [2.45, 2.75) is 6.42 Å². The van der Waals surface area contributed by atoms with Gasteiger partial charge in [0.25, 0.3) is 5.91 Å². The Bertz CT molecular complexity index is 1500. The lowest BCUT2D eigenvalue weighted by Crippen LogP contribution is -2.28. The molecule has 1 aliphatic heterocycles. The van der Waals surface area contributed by atoms with Crippen molar-refractivity contribution >= 4 is 41.1 Å². The second-order valence-corrected chi connectivity index (χ2v) is 8.70. The molecule has 0 spiro atoms. The van der Waals surface area contributed by atoms with E-state index in [0.717, 1.165) is 10.5 Å². The van der Waals surface area contributed by atoms with Crippen LogP contribution >= 0.6 is 11.6 Å². The zero-order valence-electron chi connectivity index (χ0n) is 19.5. The quantitative estimate of drug-likeness (QED) is 0.125. The van der Waals surface area contributed by atoms with Crippen LogP contribution in [0.3, 0.4) is 0 Å². The molecule has 1 aliphatic rings. The van der Waals surface area contributed by atoms with Gasteiger partial charge < -0.3 is 9.47 Å². The molecule has 0 saturated carbocycles. The molecule has 4 aromatic carbocycles. The van der Waals surface area contributed by atoms with Crippen molar-refractivity contribution in [2.24, 2.45) is 0 Å². The van der Waals surface area contributed by atoms with Crippen LogP contribution < -0.4 is 14.4 Å². The van der Waals surface area contributed by atoms with E-state index in [1.165, 1.54) is 0 Å².